The quantitative estimate of drug-likeness (QED) is 0.819. The maximum absolute atomic E-state index is 12.0. The molecule has 1 aliphatic heterocycles. The van der Waals surface area contributed by atoms with Gasteiger partial charge in [-0.25, -0.2) is 0 Å². The predicted molar refractivity (Wildman–Crippen MR) is 88.2 cm³/mol. The van der Waals surface area contributed by atoms with Gasteiger partial charge >= 0.3 is 0 Å². The van der Waals surface area contributed by atoms with Gasteiger partial charge in [0.25, 0.3) is 0 Å². The Morgan fingerprint density at radius 2 is 2.24 bits per heavy atom. The number of carbonyl (C=O) groups is 1. The molecule has 1 saturated heterocycles. The van der Waals surface area contributed by atoms with E-state index in [4.69, 9.17) is 5.73 Å². The first-order valence-electron chi connectivity index (χ1n) is 8.05. The predicted octanol–water partition coefficient (Wildman–Crippen LogP) is 3.11. The number of rotatable bonds is 5. The number of amides is 1. The van der Waals surface area contributed by atoms with Gasteiger partial charge in [-0.05, 0) is 56.5 Å². The summed E-state index contributed by atoms with van der Waals surface area (Å²) in [6, 6.07) is 7.32. The van der Waals surface area contributed by atoms with Crippen molar-refractivity contribution in [2.24, 2.45) is 5.92 Å². The Kier molecular flexibility index (Phi) is 6.05. The second-order valence-corrected chi connectivity index (χ2v) is 5.97. The van der Waals surface area contributed by atoms with Crippen molar-refractivity contribution in [3.05, 3.63) is 24.3 Å². The van der Waals surface area contributed by atoms with Crippen LogP contribution in [0.5, 0.6) is 0 Å². The zero-order valence-corrected chi connectivity index (χ0v) is 13.0. The Hall–Kier alpha value is -1.55. The molecule has 0 saturated carbocycles. The molecule has 2 rings (SSSR count). The van der Waals surface area contributed by atoms with Crippen LogP contribution in [-0.4, -0.2) is 30.4 Å². The van der Waals surface area contributed by atoms with E-state index in [0.717, 1.165) is 31.2 Å². The maximum atomic E-state index is 12.0. The topological polar surface area (TPSA) is 58.4 Å². The van der Waals surface area contributed by atoms with Gasteiger partial charge in [0.1, 0.15) is 0 Å². The van der Waals surface area contributed by atoms with E-state index in [0.29, 0.717) is 12.1 Å². The zero-order chi connectivity index (χ0) is 15.1. The van der Waals surface area contributed by atoms with Crippen LogP contribution in [0.25, 0.3) is 0 Å². The molecule has 21 heavy (non-hydrogen) atoms. The van der Waals surface area contributed by atoms with Gasteiger partial charge in [-0.15, -0.1) is 0 Å². The first-order valence-corrected chi connectivity index (χ1v) is 8.05. The molecule has 0 bridgehead atoms. The highest BCUT2D eigenvalue weighted by molar-refractivity contribution is 5.91. The molecule has 1 aromatic rings. The van der Waals surface area contributed by atoms with E-state index < -0.39 is 0 Å². The van der Waals surface area contributed by atoms with E-state index >= 15 is 0 Å². The zero-order valence-electron chi connectivity index (χ0n) is 13.0. The van der Waals surface area contributed by atoms with Gasteiger partial charge in [-0.2, -0.15) is 0 Å². The molecular weight excluding hydrogens is 262 g/mol. The first-order chi connectivity index (χ1) is 10.2. The molecule has 1 fully saturated rings. The molecule has 1 heterocycles. The number of nitrogens with two attached hydrogens (primary N) is 1. The summed E-state index contributed by atoms with van der Waals surface area (Å²) in [5.41, 5.74) is 7.16. The third-order valence-electron chi connectivity index (χ3n) is 4.34. The summed E-state index contributed by atoms with van der Waals surface area (Å²) >= 11 is 0. The summed E-state index contributed by atoms with van der Waals surface area (Å²) < 4.78 is 0. The minimum atomic E-state index is 0.0666. The van der Waals surface area contributed by atoms with Crippen LogP contribution in [0.4, 0.5) is 11.4 Å². The van der Waals surface area contributed by atoms with Gasteiger partial charge in [0, 0.05) is 24.3 Å². The fraction of sp³-hybridized carbons (Fsp3) is 0.588. The van der Waals surface area contributed by atoms with Crippen LogP contribution in [0.15, 0.2) is 24.3 Å². The summed E-state index contributed by atoms with van der Waals surface area (Å²) in [6.07, 6.45) is 5.69. The van der Waals surface area contributed by atoms with E-state index in [9.17, 15) is 4.79 Å². The standard InChI is InChI=1S/C17H27N3O/c1-2-14-5-4-10-20(11-8-14)12-9-17(21)19-16-7-3-6-15(18)13-16/h3,6-7,13-14H,2,4-5,8-12,18H2,1H3,(H,19,21). The monoisotopic (exact) mass is 289 g/mol. The number of hydrogen-bond acceptors (Lipinski definition) is 3. The normalized spacial score (nSPS) is 20.0. The van der Waals surface area contributed by atoms with Crippen LogP contribution >= 0.6 is 0 Å². The van der Waals surface area contributed by atoms with Crippen LogP contribution in [-0.2, 0) is 4.79 Å². The molecule has 1 aromatic carbocycles. The molecule has 1 atom stereocenters. The highest BCUT2D eigenvalue weighted by Gasteiger charge is 2.16. The summed E-state index contributed by atoms with van der Waals surface area (Å²) in [7, 11) is 0. The van der Waals surface area contributed by atoms with E-state index in [2.05, 4.69) is 17.1 Å². The lowest BCUT2D eigenvalue weighted by Gasteiger charge is -2.19. The smallest absolute Gasteiger partial charge is 0.225 e. The van der Waals surface area contributed by atoms with Crippen molar-refractivity contribution in [1.29, 1.82) is 0 Å². The van der Waals surface area contributed by atoms with Crippen molar-refractivity contribution < 1.29 is 4.79 Å². The Labute approximate surface area is 127 Å². The van der Waals surface area contributed by atoms with Gasteiger partial charge in [0.2, 0.25) is 5.91 Å². The Morgan fingerprint density at radius 3 is 3.00 bits per heavy atom. The molecule has 0 aliphatic carbocycles. The minimum absolute atomic E-state index is 0.0666. The van der Waals surface area contributed by atoms with Crippen LogP contribution in [0.1, 0.15) is 39.0 Å². The van der Waals surface area contributed by atoms with Crippen LogP contribution in [0, 0.1) is 5.92 Å². The lowest BCUT2D eigenvalue weighted by molar-refractivity contribution is -0.116. The number of likely N-dealkylation sites (tertiary alicyclic amines) is 1. The van der Waals surface area contributed by atoms with E-state index in [1.165, 1.54) is 25.7 Å². The number of carbonyl (C=O) groups excluding carboxylic acids is 1. The Morgan fingerprint density at radius 1 is 1.38 bits per heavy atom. The SMILES string of the molecule is CCC1CCCN(CCC(=O)Nc2cccc(N)c2)CC1. The summed E-state index contributed by atoms with van der Waals surface area (Å²) in [5, 5.41) is 2.91. The molecule has 4 nitrogen and oxygen atoms in total. The maximum Gasteiger partial charge on any atom is 0.225 e. The fourth-order valence-electron chi connectivity index (χ4n) is 2.96. The van der Waals surface area contributed by atoms with Crippen LogP contribution in [0.3, 0.4) is 0 Å². The van der Waals surface area contributed by atoms with Gasteiger partial charge in [0.05, 0.1) is 0 Å². The molecule has 1 unspecified atom stereocenters. The molecular formula is C17H27N3O. The van der Waals surface area contributed by atoms with Crippen molar-refractivity contribution in [3.63, 3.8) is 0 Å². The Balaban J connectivity index is 1.73. The average molecular weight is 289 g/mol. The number of nitrogens with zero attached hydrogens (tertiary/aromatic N) is 1. The number of nitrogen functional groups attached to an aromatic ring is 1. The van der Waals surface area contributed by atoms with E-state index in [-0.39, 0.29) is 5.91 Å². The van der Waals surface area contributed by atoms with E-state index in [1.807, 2.05) is 18.2 Å². The number of hydrogen-bond donors (Lipinski definition) is 2. The van der Waals surface area contributed by atoms with Gasteiger partial charge < -0.3 is 16.0 Å². The summed E-state index contributed by atoms with van der Waals surface area (Å²) in [5.74, 6) is 0.938. The van der Waals surface area contributed by atoms with Crippen LogP contribution < -0.4 is 11.1 Å². The first kappa shape index (κ1) is 15.8. The van der Waals surface area contributed by atoms with Crippen molar-refractivity contribution in [2.75, 3.05) is 30.7 Å². The van der Waals surface area contributed by atoms with Crippen molar-refractivity contribution >= 4 is 17.3 Å². The Bertz CT molecular complexity index is 461. The van der Waals surface area contributed by atoms with Gasteiger partial charge in [-0.1, -0.05) is 19.4 Å². The average Bonchev–Trinajstić information content (AvgIpc) is 2.70. The molecule has 1 amide bonds. The number of nitrogens with one attached hydrogen (secondary N) is 1. The fourth-order valence-corrected chi connectivity index (χ4v) is 2.96. The summed E-state index contributed by atoms with van der Waals surface area (Å²) in [6.45, 7) is 5.38. The third-order valence-corrected chi connectivity index (χ3v) is 4.34. The minimum Gasteiger partial charge on any atom is -0.399 e. The molecule has 3 N–H and O–H groups in total. The lowest BCUT2D eigenvalue weighted by atomic mass is 9.98. The van der Waals surface area contributed by atoms with Gasteiger partial charge in [0.15, 0.2) is 0 Å². The number of benzene rings is 1. The van der Waals surface area contributed by atoms with Gasteiger partial charge in [-0.3, -0.25) is 4.79 Å². The third kappa shape index (κ3) is 5.38. The molecule has 0 aromatic heterocycles. The van der Waals surface area contributed by atoms with Crippen molar-refractivity contribution in [1.82, 2.24) is 4.90 Å². The second-order valence-electron chi connectivity index (χ2n) is 5.97. The highest BCUT2D eigenvalue weighted by atomic mass is 16.1. The molecule has 4 heteroatoms. The van der Waals surface area contributed by atoms with Crippen LogP contribution in [0.2, 0.25) is 0 Å². The molecule has 116 valence electrons. The molecule has 0 spiro atoms. The van der Waals surface area contributed by atoms with E-state index in [1.54, 1.807) is 6.07 Å². The highest BCUT2D eigenvalue weighted by Crippen LogP contribution is 2.20. The van der Waals surface area contributed by atoms with Crippen molar-refractivity contribution in [2.45, 2.75) is 39.0 Å². The summed E-state index contributed by atoms with van der Waals surface area (Å²) in [4.78, 5) is 14.4. The molecule has 1 aliphatic rings. The second kappa shape index (κ2) is 8.03. The van der Waals surface area contributed by atoms with Crippen molar-refractivity contribution in [3.8, 4) is 0 Å². The number of anilines is 2. The molecule has 0 radical (unpaired) electrons. The lowest BCUT2D eigenvalue weighted by Crippen LogP contribution is -2.29. The largest absolute Gasteiger partial charge is 0.399 e.